The number of esters is 1. The quantitative estimate of drug-likeness (QED) is 0.580. The van der Waals surface area contributed by atoms with Gasteiger partial charge in [-0.25, -0.2) is 4.79 Å². The zero-order chi connectivity index (χ0) is 15.7. The number of halogens is 1. The van der Waals surface area contributed by atoms with Crippen molar-refractivity contribution < 1.29 is 9.53 Å². The molecule has 0 aromatic heterocycles. The standard InChI is InChI=1S/C19H15ClO2/c1-12-6-7-15(8-13(12)2)18-11-16(19(21)22-18)9-14-4-3-5-17(20)10-14/h3-11H,1-2H3/b16-9+. The first kappa shape index (κ1) is 14.6. The molecule has 3 heteroatoms. The van der Waals surface area contributed by atoms with Crippen molar-refractivity contribution in [3.63, 3.8) is 0 Å². The van der Waals surface area contributed by atoms with Crippen LogP contribution in [0.1, 0.15) is 22.3 Å². The predicted octanol–water partition coefficient (Wildman–Crippen LogP) is 4.94. The molecule has 0 radical (unpaired) electrons. The third kappa shape index (κ3) is 2.97. The molecule has 2 aromatic rings. The summed E-state index contributed by atoms with van der Waals surface area (Å²) in [6, 6.07) is 13.4. The summed E-state index contributed by atoms with van der Waals surface area (Å²) in [6.07, 6.45) is 3.55. The summed E-state index contributed by atoms with van der Waals surface area (Å²) in [6.45, 7) is 4.09. The van der Waals surface area contributed by atoms with E-state index >= 15 is 0 Å². The number of rotatable bonds is 2. The maximum Gasteiger partial charge on any atom is 0.343 e. The minimum atomic E-state index is -0.340. The van der Waals surface area contributed by atoms with Crippen LogP contribution in [0, 0.1) is 13.8 Å². The van der Waals surface area contributed by atoms with Gasteiger partial charge in [0.15, 0.2) is 0 Å². The second-order valence-electron chi connectivity index (χ2n) is 5.35. The van der Waals surface area contributed by atoms with Gasteiger partial charge in [0.1, 0.15) is 5.76 Å². The molecule has 0 fully saturated rings. The van der Waals surface area contributed by atoms with E-state index in [4.69, 9.17) is 16.3 Å². The van der Waals surface area contributed by atoms with Crippen LogP contribution in [0.15, 0.2) is 54.1 Å². The molecule has 0 spiro atoms. The van der Waals surface area contributed by atoms with Gasteiger partial charge < -0.3 is 4.74 Å². The third-order valence-electron chi connectivity index (χ3n) is 3.69. The van der Waals surface area contributed by atoms with Gasteiger partial charge in [-0.2, -0.15) is 0 Å². The van der Waals surface area contributed by atoms with Crippen LogP contribution in [0.4, 0.5) is 0 Å². The largest absolute Gasteiger partial charge is 0.422 e. The van der Waals surface area contributed by atoms with Gasteiger partial charge in [-0.1, -0.05) is 35.9 Å². The van der Waals surface area contributed by atoms with Gasteiger partial charge in [0.25, 0.3) is 0 Å². The maximum absolute atomic E-state index is 12.0. The third-order valence-corrected chi connectivity index (χ3v) is 3.92. The van der Waals surface area contributed by atoms with Crippen molar-refractivity contribution in [1.82, 2.24) is 0 Å². The highest BCUT2D eigenvalue weighted by molar-refractivity contribution is 6.30. The van der Waals surface area contributed by atoms with E-state index in [0.717, 1.165) is 11.1 Å². The van der Waals surface area contributed by atoms with Crippen LogP contribution in [0.2, 0.25) is 5.02 Å². The van der Waals surface area contributed by atoms with Crippen LogP contribution >= 0.6 is 11.6 Å². The molecule has 0 saturated heterocycles. The molecule has 0 unspecified atom stereocenters. The minimum Gasteiger partial charge on any atom is -0.422 e. The lowest BCUT2D eigenvalue weighted by atomic mass is 10.0. The topological polar surface area (TPSA) is 26.3 Å². The van der Waals surface area contributed by atoms with E-state index in [1.54, 1.807) is 18.2 Å². The Bertz CT molecular complexity index is 816. The van der Waals surface area contributed by atoms with Crippen molar-refractivity contribution >= 4 is 29.4 Å². The van der Waals surface area contributed by atoms with Gasteiger partial charge in [-0.05, 0) is 60.9 Å². The average molecular weight is 311 g/mol. The number of hydrogen-bond donors (Lipinski definition) is 0. The van der Waals surface area contributed by atoms with E-state index in [0.29, 0.717) is 16.4 Å². The van der Waals surface area contributed by atoms with Crippen molar-refractivity contribution in [3.05, 3.63) is 81.4 Å². The minimum absolute atomic E-state index is 0.340. The highest BCUT2D eigenvalue weighted by atomic mass is 35.5. The summed E-state index contributed by atoms with van der Waals surface area (Å²) >= 11 is 5.96. The van der Waals surface area contributed by atoms with E-state index in [1.807, 2.05) is 43.3 Å². The molecule has 1 aliphatic rings. The lowest BCUT2D eigenvalue weighted by molar-refractivity contribution is -0.130. The second-order valence-corrected chi connectivity index (χ2v) is 5.79. The van der Waals surface area contributed by atoms with Crippen LogP contribution < -0.4 is 0 Å². The Kier molecular flexibility index (Phi) is 3.86. The fourth-order valence-electron chi connectivity index (χ4n) is 2.30. The maximum atomic E-state index is 12.0. The fraction of sp³-hybridized carbons (Fsp3) is 0.105. The van der Waals surface area contributed by atoms with E-state index in [-0.39, 0.29) is 5.97 Å². The molecule has 0 aliphatic carbocycles. The monoisotopic (exact) mass is 310 g/mol. The lowest BCUT2D eigenvalue weighted by Gasteiger charge is -2.05. The van der Waals surface area contributed by atoms with Crippen molar-refractivity contribution in [2.24, 2.45) is 0 Å². The van der Waals surface area contributed by atoms with Crippen LogP contribution in [0.3, 0.4) is 0 Å². The molecule has 1 heterocycles. The Morgan fingerprint density at radius 2 is 1.86 bits per heavy atom. The Balaban J connectivity index is 1.96. The number of benzene rings is 2. The molecule has 110 valence electrons. The Labute approximate surface area is 134 Å². The molecule has 0 amide bonds. The first-order valence-electron chi connectivity index (χ1n) is 7.02. The van der Waals surface area contributed by atoms with Gasteiger partial charge in [-0.15, -0.1) is 0 Å². The van der Waals surface area contributed by atoms with Gasteiger partial charge in [-0.3, -0.25) is 0 Å². The van der Waals surface area contributed by atoms with E-state index in [1.165, 1.54) is 11.1 Å². The van der Waals surface area contributed by atoms with Crippen LogP contribution in [-0.2, 0) is 9.53 Å². The molecule has 0 bridgehead atoms. The normalized spacial score (nSPS) is 15.9. The van der Waals surface area contributed by atoms with Gasteiger partial charge in [0, 0.05) is 10.6 Å². The van der Waals surface area contributed by atoms with Crippen molar-refractivity contribution in [1.29, 1.82) is 0 Å². The molecule has 2 nitrogen and oxygen atoms in total. The van der Waals surface area contributed by atoms with Crippen LogP contribution in [-0.4, -0.2) is 5.97 Å². The SMILES string of the molecule is Cc1ccc(C2=C/C(=C\c3cccc(Cl)c3)C(=O)O2)cc1C. The molecule has 1 aliphatic heterocycles. The fourth-order valence-corrected chi connectivity index (χ4v) is 2.50. The van der Waals surface area contributed by atoms with Gasteiger partial charge >= 0.3 is 5.97 Å². The second kappa shape index (κ2) is 5.82. The Morgan fingerprint density at radius 1 is 1.05 bits per heavy atom. The van der Waals surface area contributed by atoms with Gasteiger partial charge in [0.2, 0.25) is 0 Å². The molecule has 0 atom stereocenters. The first-order valence-corrected chi connectivity index (χ1v) is 7.39. The molecule has 0 saturated carbocycles. The molecule has 0 N–H and O–H groups in total. The zero-order valence-corrected chi connectivity index (χ0v) is 13.1. The molecule has 3 rings (SSSR count). The highest BCUT2D eigenvalue weighted by Gasteiger charge is 2.22. The number of carbonyl (C=O) groups is 1. The summed E-state index contributed by atoms with van der Waals surface area (Å²) in [5.41, 5.74) is 4.68. The predicted molar refractivity (Wildman–Crippen MR) is 89.4 cm³/mol. The number of carbonyl (C=O) groups excluding carboxylic acids is 1. The van der Waals surface area contributed by atoms with E-state index in [9.17, 15) is 4.79 Å². The number of aryl methyl sites for hydroxylation is 2. The lowest BCUT2D eigenvalue weighted by Crippen LogP contribution is -1.97. The van der Waals surface area contributed by atoms with Crippen LogP contribution in [0.5, 0.6) is 0 Å². The van der Waals surface area contributed by atoms with Crippen molar-refractivity contribution in [2.45, 2.75) is 13.8 Å². The number of hydrogen-bond acceptors (Lipinski definition) is 2. The Morgan fingerprint density at radius 3 is 2.59 bits per heavy atom. The average Bonchev–Trinajstić information content (AvgIpc) is 2.83. The first-order chi connectivity index (χ1) is 10.5. The van der Waals surface area contributed by atoms with E-state index < -0.39 is 0 Å². The summed E-state index contributed by atoms with van der Waals surface area (Å²) in [5.74, 6) is 0.245. The van der Waals surface area contributed by atoms with Gasteiger partial charge in [0.05, 0.1) is 5.57 Å². The summed E-state index contributed by atoms with van der Waals surface area (Å²) in [7, 11) is 0. The zero-order valence-electron chi connectivity index (χ0n) is 12.4. The van der Waals surface area contributed by atoms with E-state index in [2.05, 4.69) is 6.92 Å². The number of cyclic esters (lactones) is 1. The summed E-state index contributed by atoms with van der Waals surface area (Å²) in [5, 5.41) is 0.638. The molecule has 2 aromatic carbocycles. The Hall–Kier alpha value is -2.32. The molecule has 22 heavy (non-hydrogen) atoms. The summed E-state index contributed by atoms with van der Waals surface area (Å²) < 4.78 is 5.38. The summed E-state index contributed by atoms with van der Waals surface area (Å²) in [4.78, 5) is 12.0. The smallest absolute Gasteiger partial charge is 0.343 e. The molecular formula is C19H15ClO2. The van der Waals surface area contributed by atoms with Crippen molar-refractivity contribution in [2.75, 3.05) is 0 Å². The highest BCUT2D eigenvalue weighted by Crippen LogP contribution is 2.28. The molecular weight excluding hydrogens is 296 g/mol. The van der Waals surface area contributed by atoms with Crippen LogP contribution in [0.25, 0.3) is 11.8 Å². The number of ether oxygens (including phenoxy) is 1. The van der Waals surface area contributed by atoms with Crippen molar-refractivity contribution in [3.8, 4) is 0 Å².